The first kappa shape index (κ1) is 39.2. The molecule has 0 N–H and O–H groups in total. The van der Waals surface area contributed by atoms with Gasteiger partial charge in [0, 0.05) is 55.4 Å². The van der Waals surface area contributed by atoms with Gasteiger partial charge in [0.15, 0.2) is 36.6 Å². The molecule has 0 aromatic carbocycles. The Bertz CT molecular complexity index is 1110. The van der Waals surface area contributed by atoms with Gasteiger partial charge in [0.25, 0.3) is 0 Å². The van der Waals surface area contributed by atoms with Crippen LogP contribution in [0, 0.1) is 0 Å². The lowest BCUT2D eigenvalue weighted by Crippen LogP contribution is -2.64. The van der Waals surface area contributed by atoms with E-state index in [1.807, 2.05) is 0 Å². The van der Waals surface area contributed by atoms with Crippen LogP contribution in [0.5, 0.6) is 0 Å². The monoisotopic (exact) mass is 694 g/mol. The van der Waals surface area contributed by atoms with Crippen LogP contribution >= 0.6 is 11.8 Å². The second-order valence-electron chi connectivity index (χ2n) is 10.3. The number of esters is 8. The van der Waals surface area contributed by atoms with Crippen molar-refractivity contribution >= 4 is 59.5 Å². The fraction of sp³-hybridized carbons (Fsp3) is 0.714. The summed E-state index contributed by atoms with van der Waals surface area (Å²) in [6.07, 6.45) is -11.7. The summed E-state index contributed by atoms with van der Waals surface area (Å²) < 4.78 is 55.0. The number of carbonyl (C=O) groups excluding carboxylic acids is 8. The molecular weight excluding hydrogens is 656 g/mol. The third-order valence-electron chi connectivity index (χ3n) is 6.16. The van der Waals surface area contributed by atoms with Crippen LogP contribution in [0.15, 0.2) is 0 Å². The maximum Gasteiger partial charge on any atom is 0.303 e. The molecule has 2 fully saturated rings. The van der Waals surface area contributed by atoms with E-state index in [2.05, 4.69) is 0 Å². The van der Waals surface area contributed by atoms with Crippen LogP contribution in [0.3, 0.4) is 0 Å². The molecule has 0 saturated carbocycles. The third-order valence-corrected chi connectivity index (χ3v) is 7.46. The number of rotatable bonds is 12. The van der Waals surface area contributed by atoms with Crippen molar-refractivity contribution in [3.05, 3.63) is 0 Å². The Labute approximate surface area is 273 Å². The topological polar surface area (TPSA) is 229 Å². The van der Waals surface area contributed by atoms with Gasteiger partial charge in [-0.05, 0) is 0 Å². The Hall–Kier alpha value is -3.97. The molecule has 0 unspecified atom stereocenters. The van der Waals surface area contributed by atoms with E-state index >= 15 is 0 Å². The minimum absolute atomic E-state index is 0.520. The molecule has 0 amide bonds. The number of carbonyl (C=O) groups is 8. The molecule has 0 aromatic rings. The highest BCUT2D eigenvalue weighted by molar-refractivity contribution is 8.00. The van der Waals surface area contributed by atoms with Gasteiger partial charge in [0.05, 0.1) is 0 Å². The lowest BCUT2D eigenvalue weighted by Gasteiger charge is -2.47. The molecule has 2 heterocycles. The Morgan fingerprint density at radius 1 is 0.404 bits per heavy atom. The first-order valence-corrected chi connectivity index (χ1v) is 15.1. The van der Waals surface area contributed by atoms with Crippen molar-refractivity contribution in [2.24, 2.45) is 0 Å². The summed E-state index contributed by atoms with van der Waals surface area (Å²) in [6.45, 7) is 7.50. The van der Waals surface area contributed by atoms with E-state index in [1.165, 1.54) is 0 Å². The molecule has 10 atom stereocenters. The van der Waals surface area contributed by atoms with Crippen molar-refractivity contribution in [2.75, 3.05) is 13.2 Å². The van der Waals surface area contributed by atoms with Crippen molar-refractivity contribution < 1.29 is 85.7 Å². The molecule has 0 radical (unpaired) electrons. The zero-order valence-corrected chi connectivity index (χ0v) is 27.8. The van der Waals surface area contributed by atoms with E-state index in [-0.39, 0.29) is 0 Å². The Kier molecular flexibility index (Phi) is 14.9. The normalized spacial score (nSPS) is 30.0. The van der Waals surface area contributed by atoms with Crippen LogP contribution in [0.1, 0.15) is 55.4 Å². The van der Waals surface area contributed by atoms with E-state index in [0.29, 0.717) is 11.8 Å². The molecule has 18 nitrogen and oxygen atoms in total. The van der Waals surface area contributed by atoms with Gasteiger partial charge in [-0.15, -0.1) is 0 Å². The molecule has 2 aliphatic rings. The molecule has 47 heavy (non-hydrogen) atoms. The predicted octanol–water partition coefficient (Wildman–Crippen LogP) is -0.114. The van der Waals surface area contributed by atoms with Gasteiger partial charge >= 0.3 is 47.8 Å². The number of hydrogen-bond donors (Lipinski definition) is 0. The van der Waals surface area contributed by atoms with Gasteiger partial charge in [0.2, 0.25) is 0 Å². The van der Waals surface area contributed by atoms with Crippen LogP contribution in [0.2, 0.25) is 0 Å². The maximum absolute atomic E-state index is 12.3. The first-order valence-electron chi connectivity index (χ1n) is 14.2. The molecule has 2 saturated heterocycles. The fourth-order valence-corrected chi connectivity index (χ4v) is 6.14. The van der Waals surface area contributed by atoms with Gasteiger partial charge in [-0.2, -0.15) is 0 Å². The van der Waals surface area contributed by atoms with Crippen molar-refractivity contribution in [1.29, 1.82) is 0 Å². The standard InChI is InChI=1S/C28H38O18S/c1-11(29)37-9-19-21(39-13(3)31)23(41-15(5)33)25(43-17(7)35)27(45-19)47-28-26(44-18(8)36)24(42-16(6)34)22(40-14(4)32)20(46-28)10-38-12(2)30/h19-28H,9-10H2,1-8H3/t19-,20-,21-,22+,23+,24+,25-,26-,27+,28-/m1/s1. The van der Waals surface area contributed by atoms with Crippen LogP contribution in [-0.4, -0.2) is 121 Å². The molecule has 0 spiro atoms. The second-order valence-corrected chi connectivity index (χ2v) is 11.5. The minimum Gasteiger partial charge on any atom is -0.463 e. The van der Waals surface area contributed by atoms with E-state index < -0.39 is 121 Å². The molecule has 2 rings (SSSR count). The highest BCUT2D eigenvalue weighted by atomic mass is 32.2. The Balaban J connectivity index is 2.69. The zero-order valence-electron chi connectivity index (χ0n) is 26.9. The highest BCUT2D eigenvalue weighted by Gasteiger charge is 2.57. The van der Waals surface area contributed by atoms with Gasteiger partial charge < -0.3 is 47.4 Å². The summed E-state index contributed by atoms with van der Waals surface area (Å²) in [6, 6.07) is 0. The van der Waals surface area contributed by atoms with Crippen molar-refractivity contribution in [2.45, 2.75) is 115 Å². The van der Waals surface area contributed by atoms with E-state index in [0.717, 1.165) is 55.4 Å². The molecular formula is C28H38O18S. The highest BCUT2D eigenvalue weighted by Crippen LogP contribution is 2.41. The lowest BCUT2D eigenvalue weighted by atomic mass is 9.99. The van der Waals surface area contributed by atoms with Gasteiger partial charge in [-0.1, -0.05) is 11.8 Å². The van der Waals surface area contributed by atoms with Gasteiger partial charge in [-0.25, -0.2) is 0 Å². The molecule has 0 bridgehead atoms. The molecule has 0 aromatic heterocycles. The molecule has 2 aliphatic heterocycles. The molecule has 264 valence electrons. The van der Waals surface area contributed by atoms with Crippen LogP contribution < -0.4 is 0 Å². The van der Waals surface area contributed by atoms with Crippen LogP contribution in [-0.2, 0) is 85.7 Å². The SMILES string of the molecule is CC(=O)OC[C@H]1O[C@H](S[C@@H]2O[C@H](COC(C)=O)[C@@H](OC(C)=O)[C@H](OC(C)=O)[C@H]2OC(C)=O)[C@H](OC(C)=O)[C@@H](OC(C)=O)[C@H]1OC(C)=O. The summed E-state index contributed by atoms with van der Waals surface area (Å²) in [7, 11) is 0. The molecule has 19 heteroatoms. The Morgan fingerprint density at radius 2 is 0.660 bits per heavy atom. The minimum atomic E-state index is -1.54. The van der Waals surface area contributed by atoms with E-state index in [4.69, 9.17) is 47.4 Å². The summed E-state index contributed by atoms with van der Waals surface area (Å²) in [5.41, 5.74) is -2.84. The molecule has 0 aliphatic carbocycles. The quantitative estimate of drug-likeness (QED) is 0.192. The second kappa shape index (κ2) is 17.8. The summed E-state index contributed by atoms with van der Waals surface area (Å²) in [5, 5.41) is 0. The van der Waals surface area contributed by atoms with Crippen LogP contribution in [0.25, 0.3) is 0 Å². The predicted molar refractivity (Wildman–Crippen MR) is 152 cm³/mol. The number of ether oxygens (including phenoxy) is 10. The largest absolute Gasteiger partial charge is 0.463 e. The average molecular weight is 695 g/mol. The summed E-state index contributed by atoms with van der Waals surface area (Å²) in [4.78, 5) is 96.4. The summed E-state index contributed by atoms with van der Waals surface area (Å²) >= 11 is 0.678. The first-order chi connectivity index (χ1) is 21.9. The smallest absolute Gasteiger partial charge is 0.303 e. The maximum atomic E-state index is 12.3. The summed E-state index contributed by atoms with van der Waals surface area (Å²) in [5.74, 6) is -6.62. The van der Waals surface area contributed by atoms with Crippen molar-refractivity contribution in [3.8, 4) is 0 Å². The Morgan fingerprint density at radius 3 is 0.915 bits per heavy atom. The van der Waals surface area contributed by atoms with Crippen molar-refractivity contribution in [3.63, 3.8) is 0 Å². The van der Waals surface area contributed by atoms with E-state index in [1.54, 1.807) is 0 Å². The fourth-order valence-electron chi connectivity index (χ4n) is 4.73. The average Bonchev–Trinajstić information content (AvgIpc) is 2.91. The number of hydrogen-bond acceptors (Lipinski definition) is 19. The zero-order chi connectivity index (χ0) is 35.6. The van der Waals surface area contributed by atoms with Gasteiger partial charge in [-0.3, -0.25) is 38.4 Å². The lowest BCUT2D eigenvalue weighted by molar-refractivity contribution is -0.243. The van der Waals surface area contributed by atoms with Crippen LogP contribution in [0.4, 0.5) is 0 Å². The number of thioether (sulfide) groups is 1. The van der Waals surface area contributed by atoms with E-state index in [9.17, 15) is 38.4 Å². The third kappa shape index (κ3) is 12.3. The van der Waals surface area contributed by atoms with Gasteiger partial charge in [0.1, 0.15) is 36.3 Å². The van der Waals surface area contributed by atoms with Crippen molar-refractivity contribution in [1.82, 2.24) is 0 Å².